The minimum atomic E-state index is -0.817. The van der Waals surface area contributed by atoms with E-state index in [0.29, 0.717) is 23.6 Å². The van der Waals surface area contributed by atoms with Gasteiger partial charge in [0.05, 0.1) is 4.70 Å². The monoisotopic (exact) mass is 254 g/mol. The highest BCUT2D eigenvalue weighted by Gasteiger charge is 2.07. The lowest BCUT2D eigenvalue weighted by Crippen LogP contribution is -2.04. The van der Waals surface area contributed by atoms with E-state index in [-0.39, 0.29) is 12.2 Å². The summed E-state index contributed by atoms with van der Waals surface area (Å²) in [6, 6.07) is 4.82. The molecule has 0 aliphatic rings. The largest absolute Gasteiger partial charge is 0.481 e. The summed E-state index contributed by atoms with van der Waals surface area (Å²) in [5.74, 6) is -1.15. The van der Waals surface area contributed by atoms with Crippen molar-refractivity contribution in [3.63, 3.8) is 0 Å². The number of anilines is 1. The van der Waals surface area contributed by atoms with Crippen molar-refractivity contribution < 1.29 is 14.3 Å². The van der Waals surface area contributed by atoms with Gasteiger partial charge in [0.2, 0.25) is 0 Å². The SMILES string of the molecule is O=C(O)CCCNc1nc2c(F)cccc2s1. The van der Waals surface area contributed by atoms with Gasteiger partial charge in [-0.2, -0.15) is 0 Å². The maximum atomic E-state index is 13.3. The Hall–Kier alpha value is -1.69. The molecule has 0 fully saturated rings. The van der Waals surface area contributed by atoms with Crippen molar-refractivity contribution in [3.8, 4) is 0 Å². The predicted octanol–water partition coefficient (Wildman–Crippen LogP) is 2.71. The zero-order chi connectivity index (χ0) is 12.3. The van der Waals surface area contributed by atoms with Gasteiger partial charge >= 0.3 is 5.97 Å². The number of halogens is 1. The third kappa shape index (κ3) is 2.91. The second-order valence-electron chi connectivity index (χ2n) is 3.53. The average molecular weight is 254 g/mol. The number of hydrogen-bond donors (Lipinski definition) is 2. The zero-order valence-corrected chi connectivity index (χ0v) is 9.76. The molecule has 1 aromatic carbocycles. The molecule has 2 N–H and O–H groups in total. The number of rotatable bonds is 5. The molecule has 6 heteroatoms. The highest BCUT2D eigenvalue weighted by molar-refractivity contribution is 7.22. The van der Waals surface area contributed by atoms with Crippen LogP contribution in [-0.4, -0.2) is 22.6 Å². The topological polar surface area (TPSA) is 62.2 Å². The molecule has 0 bridgehead atoms. The second-order valence-corrected chi connectivity index (χ2v) is 4.56. The zero-order valence-electron chi connectivity index (χ0n) is 8.94. The van der Waals surface area contributed by atoms with Gasteiger partial charge < -0.3 is 10.4 Å². The standard InChI is InChI=1S/C11H11FN2O2S/c12-7-3-1-4-8-10(7)14-11(17-8)13-6-2-5-9(15)16/h1,3-4H,2,5-6H2,(H,13,14)(H,15,16). The van der Waals surface area contributed by atoms with Crippen LogP contribution in [0.25, 0.3) is 10.2 Å². The molecule has 0 aliphatic carbocycles. The normalized spacial score (nSPS) is 10.6. The lowest BCUT2D eigenvalue weighted by molar-refractivity contribution is -0.137. The first-order chi connectivity index (χ1) is 8.16. The first-order valence-corrected chi connectivity index (χ1v) is 5.99. The van der Waals surface area contributed by atoms with Crippen LogP contribution in [0.2, 0.25) is 0 Å². The van der Waals surface area contributed by atoms with Gasteiger partial charge in [0.15, 0.2) is 5.13 Å². The second kappa shape index (κ2) is 5.09. The molecule has 0 aliphatic heterocycles. The molecule has 2 rings (SSSR count). The van der Waals surface area contributed by atoms with Crippen LogP contribution in [-0.2, 0) is 4.79 Å². The van der Waals surface area contributed by atoms with Crippen LogP contribution in [0, 0.1) is 5.82 Å². The molecule has 1 aromatic heterocycles. The molecule has 17 heavy (non-hydrogen) atoms. The van der Waals surface area contributed by atoms with Crippen molar-refractivity contribution in [1.82, 2.24) is 4.98 Å². The van der Waals surface area contributed by atoms with Gasteiger partial charge in [0.25, 0.3) is 0 Å². The number of carbonyl (C=O) groups is 1. The Kier molecular flexibility index (Phi) is 3.53. The number of aromatic nitrogens is 1. The molecule has 0 saturated heterocycles. The Balaban J connectivity index is 2.00. The summed E-state index contributed by atoms with van der Waals surface area (Å²) in [6.07, 6.45) is 0.639. The minimum Gasteiger partial charge on any atom is -0.481 e. The molecular formula is C11H11FN2O2S. The molecule has 0 radical (unpaired) electrons. The summed E-state index contributed by atoms with van der Waals surface area (Å²) in [5.41, 5.74) is 0.359. The summed E-state index contributed by atoms with van der Waals surface area (Å²) in [6.45, 7) is 0.522. The molecule has 1 heterocycles. The van der Waals surface area contributed by atoms with Crippen molar-refractivity contribution >= 4 is 32.7 Å². The number of thiazole rings is 1. The van der Waals surface area contributed by atoms with Crippen LogP contribution in [0.5, 0.6) is 0 Å². The Morgan fingerprint density at radius 2 is 2.35 bits per heavy atom. The van der Waals surface area contributed by atoms with E-state index in [1.807, 2.05) is 0 Å². The molecule has 0 amide bonds. The minimum absolute atomic E-state index is 0.117. The van der Waals surface area contributed by atoms with E-state index in [9.17, 15) is 9.18 Å². The number of benzene rings is 1. The number of aliphatic carboxylic acids is 1. The van der Waals surface area contributed by atoms with Gasteiger partial charge in [-0.3, -0.25) is 4.79 Å². The van der Waals surface area contributed by atoms with Crippen molar-refractivity contribution in [1.29, 1.82) is 0 Å². The van der Waals surface area contributed by atoms with Gasteiger partial charge in [-0.05, 0) is 18.6 Å². The number of nitrogens with zero attached hydrogens (tertiary/aromatic N) is 1. The highest BCUT2D eigenvalue weighted by Crippen LogP contribution is 2.27. The van der Waals surface area contributed by atoms with E-state index in [4.69, 9.17) is 5.11 Å². The van der Waals surface area contributed by atoms with Crippen molar-refractivity contribution in [2.75, 3.05) is 11.9 Å². The van der Waals surface area contributed by atoms with Crippen LogP contribution in [0.4, 0.5) is 9.52 Å². The fourth-order valence-electron chi connectivity index (χ4n) is 1.43. The van der Waals surface area contributed by atoms with E-state index in [1.54, 1.807) is 12.1 Å². The highest BCUT2D eigenvalue weighted by atomic mass is 32.1. The van der Waals surface area contributed by atoms with Crippen molar-refractivity contribution in [3.05, 3.63) is 24.0 Å². The molecule has 2 aromatic rings. The van der Waals surface area contributed by atoms with Gasteiger partial charge in [0, 0.05) is 13.0 Å². The smallest absolute Gasteiger partial charge is 0.303 e. The summed E-state index contributed by atoms with van der Waals surface area (Å²) in [5, 5.41) is 12.1. The quantitative estimate of drug-likeness (QED) is 0.805. The van der Waals surface area contributed by atoms with Crippen LogP contribution in [0.3, 0.4) is 0 Å². The van der Waals surface area contributed by atoms with Crippen LogP contribution < -0.4 is 5.32 Å². The van der Waals surface area contributed by atoms with Crippen molar-refractivity contribution in [2.24, 2.45) is 0 Å². The molecule has 0 atom stereocenters. The van der Waals surface area contributed by atoms with Crippen molar-refractivity contribution in [2.45, 2.75) is 12.8 Å². The van der Waals surface area contributed by atoms with E-state index in [0.717, 1.165) is 4.70 Å². The fourth-order valence-corrected chi connectivity index (χ4v) is 2.33. The number of para-hydroxylation sites is 1. The predicted molar refractivity (Wildman–Crippen MR) is 64.9 cm³/mol. The molecule has 4 nitrogen and oxygen atoms in total. The summed E-state index contributed by atoms with van der Waals surface area (Å²) >= 11 is 1.36. The third-order valence-corrected chi connectivity index (χ3v) is 3.19. The number of carboxylic acids is 1. The van der Waals surface area contributed by atoms with Crippen LogP contribution in [0.15, 0.2) is 18.2 Å². The Bertz CT molecular complexity index is 541. The van der Waals surface area contributed by atoms with E-state index in [1.165, 1.54) is 17.4 Å². The maximum Gasteiger partial charge on any atom is 0.303 e. The van der Waals surface area contributed by atoms with Gasteiger partial charge in [-0.1, -0.05) is 17.4 Å². The Morgan fingerprint density at radius 1 is 1.53 bits per heavy atom. The number of carboxylic acid groups (broad SMARTS) is 1. The Morgan fingerprint density at radius 3 is 3.06 bits per heavy atom. The summed E-state index contributed by atoms with van der Waals surface area (Å²) in [4.78, 5) is 14.4. The average Bonchev–Trinajstić information content (AvgIpc) is 2.69. The first-order valence-electron chi connectivity index (χ1n) is 5.17. The lowest BCUT2D eigenvalue weighted by Gasteiger charge is -1.99. The molecule has 0 spiro atoms. The molecule has 90 valence electrons. The van der Waals surface area contributed by atoms with Gasteiger partial charge in [0.1, 0.15) is 11.3 Å². The lowest BCUT2D eigenvalue weighted by atomic mass is 10.3. The number of nitrogens with one attached hydrogen (secondary N) is 1. The number of hydrogen-bond acceptors (Lipinski definition) is 4. The molecule has 0 saturated carbocycles. The van der Waals surface area contributed by atoms with Gasteiger partial charge in [-0.25, -0.2) is 9.37 Å². The molecule has 0 unspecified atom stereocenters. The first kappa shape index (κ1) is 11.8. The van der Waals surface area contributed by atoms with Gasteiger partial charge in [-0.15, -0.1) is 0 Å². The Labute approximate surface area is 101 Å². The van der Waals surface area contributed by atoms with Crippen LogP contribution in [0.1, 0.15) is 12.8 Å². The summed E-state index contributed by atoms with van der Waals surface area (Å²) < 4.78 is 14.1. The van der Waals surface area contributed by atoms with E-state index < -0.39 is 5.97 Å². The van der Waals surface area contributed by atoms with E-state index in [2.05, 4.69) is 10.3 Å². The van der Waals surface area contributed by atoms with Crippen LogP contribution >= 0.6 is 11.3 Å². The number of fused-ring (bicyclic) bond motifs is 1. The summed E-state index contributed by atoms with van der Waals surface area (Å²) in [7, 11) is 0. The third-order valence-electron chi connectivity index (χ3n) is 2.21. The maximum absolute atomic E-state index is 13.3. The van der Waals surface area contributed by atoms with E-state index >= 15 is 0 Å². The fraction of sp³-hybridized carbons (Fsp3) is 0.273. The molecular weight excluding hydrogens is 243 g/mol.